The van der Waals surface area contributed by atoms with Gasteiger partial charge >= 0.3 is 0 Å². The highest BCUT2D eigenvalue weighted by Gasteiger charge is 2.28. The van der Waals surface area contributed by atoms with Crippen molar-refractivity contribution in [2.75, 3.05) is 26.7 Å². The largest absolute Gasteiger partial charge is 0.317 e. The first-order chi connectivity index (χ1) is 10.1. The van der Waals surface area contributed by atoms with Gasteiger partial charge < -0.3 is 5.32 Å². The van der Waals surface area contributed by atoms with Crippen molar-refractivity contribution >= 4 is 0 Å². The van der Waals surface area contributed by atoms with Crippen molar-refractivity contribution < 1.29 is 8.78 Å². The molecule has 0 saturated carbocycles. The third kappa shape index (κ3) is 4.24. The van der Waals surface area contributed by atoms with E-state index < -0.39 is 6.43 Å². The molecule has 0 aliphatic carbocycles. The summed E-state index contributed by atoms with van der Waals surface area (Å²) in [4.78, 5) is 2.38. The minimum Gasteiger partial charge on any atom is -0.317 e. The molecule has 1 aromatic rings. The van der Waals surface area contributed by atoms with Gasteiger partial charge in [-0.05, 0) is 51.0 Å². The number of nitrogens with one attached hydrogen (secondary N) is 1. The number of hydrogen-bond acceptors (Lipinski definition) is 2. The van der Waals surface area contributed by atoms with E-state index in [2.05, 4.69) is 24.2 Å². The lowest BCUT2D eigenvalue weighted by molar-refractivity contribution is 0.151. The van der Waals surface area contributed by atoms with Gasteiger partial charge in [-0.2, -0.15) is 0 Å². The van der Waals surface area contributed by atoms with Crippen LogP contribution < -0.4 is 5.32 Å². The summed E-state index contributed by atoms with van der Waals surface area (Å²) in [6.45, 7) is 5.15. The fourth-order valence-electron chi connectivity index (χ4n) is 3.33. The minimum absolute atomic E-state index is 0.109. The van der Waals surface area contributed by atoms with E-state index in [0.29, 0.717) is 12.0 Å². The zero-order chi connectivity index (χ0) is 15.2. The molecule has 1 heterocycles. The molecule has 1 N–H and O–H groups in total. The van der Waals surface area contributed by atoms with Crippen molar-refractivity contribution in [2.24, 2.45) is 5.92 Å². The fraction of sp³-hybridized carbons (Fsp3) is 0.647. The Kier molecular flexibility index (Phi) is 6.12. The lowest BCUT2D eigenvalue weighted by Crippen LogP contribution is -2.34. The number of nitrogens with zero attached hydrogens (tertiary/aromatic N) is 1. The summed E-state index contributed by atoms with van der Waals surface area (Å²) in [6.07, 6.45) is 1.26. The van der Waals surface area contributed by atoms with Crippen LogP contribution in [-0.4, -0.2) is 31.6 Å². The Bertz CT molecular complexity index is 419. The average Bonchev–Trinajstić information content (AvgIpc) is 2.66. The highest BCUT2D eigenvalue weighted by molar-refractivity contribution is 5.26. The third-order valence-electron chi connectivity index (χ3n) is 4.44. The summed E-state index contributed by atoms with van der Waals surface area (Å²) in [5.41, 5.74) is 1.27. The van der Waals surface area contributed by atoms with Crippen LogP contribution in [0.25, 0.3) is 0 Å². The Balaban J connectivity index is 2.20. The highest BCUT2D eigenvalue weighted by atomic mass is 19.3. The highest BCUT2D eigenvalue weighted by Crippen LogP contribution is 2.34. The van der Waals surface area contributed by atoms with E-state index in [1.807, 2.05) is 12.1 Å². The van der Waals surface area contributed by atoms with E-state index >= 15 is 0 Å². The van der Waals surface area contributed by atoms with Crippen LogP contribution in [-0.2, 0) is 0 Å². The van der Waals surface area contributed by atoms with E-state index in [1.54, 1.807) is 12.1 Å². The molecule has 0 amide bonds. The number of likely N-dealkylation sites (tertiary alicyclic amines) is 1. The van der Waals surface area contributed by atoms with Gasteiger partial charge in [-0.25, -0.2) is 8.78 Å². The topological polar surface area (TPSA) is 15.3 Å². The second kappa shape index (κ2) is 7.85. The zero-order valence-electron chi connectivity index (χ0n) is 13.0. The molecular formula is C17H26F2N2. The summed E-state index contributed by atoms with van der Waals surface area (Å²) in [6, 6.07) is 7.23. The number of hydrogen-bond donors (Lipinski definition) is 1. The van der Waals surface area contributed by atoms with Crippen LogP contribution in [0.15, 0.2) is 24.3 Å². The number of alkyl halides is 2. The van der Waals surface area contributed by atoms with E-state index in [1.165, 1.54) is 19.3 Å². The van der Waals surface area contributed by atoms with Crippen molar-refractivity contribution in [2.45, 2.75) is 38.7 Å². The second-order valence-electron chi connectivity index (χ2n) is 5.96. The molecule has 1 fully saturated rings. The van der Waals surface area contributed by atoms with Gasteiger partial charge in [0, 0.05) is 11.6 Å². The van der Waals surface area contributed by atoms with Crippen LogP contribution in [0.4, 0.5) is 8.78 Å². The first-order valence-electron chi connectivity index (χ1n) is 7.92. The predicted octanol–water partition coefficient (Wildman–Crippen LogP) is 4.01. The summed E-state index contributed by atoms with van der Waals surface area (Å²) in [5.74, 6) is 0.537. The minimum atomic E-state index is -2.39. The van der Waals surface area contributed by atoms with E-state index in [9.17, 15) is 8.78 Å². The molecule has 1 aliphatic rings. The molecule has 2 nitrogen and oxygen atoms in total. The summed E-state index contributed by atoms with van der Waals surface area (Å²) in [7, 11) is 2.15. The number of rotatable bonds is 5. The molecule has 1 aliphatic heterocycles. The van der Waals surface area contributed by atoms with Crippen LogP contribution >= 0.6 is 0 Å². The van der Waals surface area contributed by atoms with Gasteiger partial charge in [-0.15, -0.1) is 0 Å². The molecule has 1 saturated heterocycles. The normalized spacial score (nSPS) is 24.2. The van der Waals surface area contributed by atoms with Crippen molar-refractivity contribution in [3.05, 3.63) is 35.4 Å². The van der Waals surface area contributed by atoms with Gasteiger partial charge in [0.05, 0.1) is 0 Å². The molecular weight excluding hydrogens is 270 g/mol. The quantitative estimate of drug-likeness (QED) is 0.883. The molecule has 21 heavy (non-hydrogen) atoms. The maximum absolute atomic E-state index is 12.7. The van der Waals surface area contributed by atoms with Gasteiger partial charge in [-0.1, -0.05) is 37.6 Å². The smallest absolute Gasteiger partial charge is 0.263 e. The monoisotopic (exact) mass is 296 g/mol. The van der Waals surface area contributed by atoms with Crippen molar-refractivity contribution in [1.82, 2.24) is 10.2 Å². The summed E-state index contributed by atoms with van der Waals surface area (Å²) >= 11 is 0. The maximum atomic E-state index is 12.7. The number of benzene rings is 1. The molecule has 4 heteroatoms. The molecule has 2 atom stereocenters. The molecule has 0 aromatic heterocycles. The second-order valence-corrected chi connectivity index (χ2v) is 5.96. The van der Waals surface area contributed by atoms with Gasteiger partial charge in [-0.3, -0.25) is 4.90 Å². The molecule has 1 aromatic carbocycles. The lowest BCUT2D eigenvalue weighted by Gasteiger charge is -2.33. The number of halogens is 2. The van der Waals surface area contributed by atoms with Crippen molar-refractivity contribution in [3.63, 3.8) is 0 Å². The first-order valence-corrected chi connectivity index (χ1v) is 7.92. The SMILES string of the molecule is CCNCC1CCCCN(C)C1c1ccc(C(F)F)cc1. The fourth-order valence-corrected chi connectivity index (χ4v) is 3.33. The van der Waals surface area contributed by atoms with Crippen molar-refractivity contribution in [1.29, 1.82) is 0 Å². The predicted molar refractivity (Wildman–Crippen MR) is 82.7 cm³/mol. The molecule has 0 spiro atoms. The van der Waals surface area contributed by atoms with Crippen LogP contribution in [0.3, 0.4) is 0 Å². The Morgan fingerprint density at radius 3 is 2.57 bits per heavy atom. The lowest BCUT2D eigenvalue weighted by atomic mass is 9.89. The molecule has 2 rings (SSSR count). The molecule has 0 radical (unpaired) electrons. The Labute approximate surface area is 126 Å². The zero-order valence-corrected chi connectivity index (χ0v) is 13.0. The maximum Gasteiger partial charge on any atom is 0.263 e. The van der Waals surface area contributed by atoms with Gasteiger partial charge in [0.15, 0.2) is 0 Å². The summed E-state index contributed by atoms with van der Waals surface area (Å²) in [5, 5.41) is 3.45. The summed E-state index contributed by atoms with van der Waals surface area (Å²) < 4.78 is 25.4. The Morgan fingerprint density at radius 1 is 1.24 bits per heavy atom. The van der Waals surface area contributed by atoms with Crippen molar-refractivity contribution in [3.8, 4) is 0 Å². The Morgan fingerprint density at radius 2 is 1.95 bits per heavy atom. The third-order valence-corrected chi connectivity index (χ3v) is 4.44. The standard InChI is InChI=1S/C17H26F2N2/c1-3-20-12-15-6-4-5-11-21(2)16(15)13-7-9-14(10-8-13)17(18)19/h7-10,15-17,20H,3-6,11-12H2,1-2H3. The average molecular weight is 296 g/mol. The van der Waals surface area contributed by atoms with Crippen LogP contribution in [0, 0.1) is 5.92 Å². The van der Waals surface area contributed by atoms with E-state index in [-0.39, 0.29) is 5.56 Å². The van der Waals surface area contributed by atoms with E-state index in [4.69, 9.17) is 0 Å². The van der Waals surface area contributed by atoms with Crippen LogP contribution in [0.2, 0.25) is 0 Å². The first kappa shape index (κ1) is 16.4. The van der Waals surface area contributed by atoms with Gasteiger partial charge in [0.25, 0.3) is 6.43 Å². The van der Waals surface area contributed by atoms with Gasteiger partial charge in [0.1, 0.15) is 0 Å². The molecule has 2 unspecified atom stereocenters. The van der Waals surface area contributed by atoms with Crippen LogP contribution in [0.5, 0.6) is 0 Å². The molecule has 0 bridgehead atoms. The van der Waals surface area contributed by atoms with E-state index in [0.717, 1.165) is 25.2 Å². The van der Waals surface area contributed by atoms with Crippen LogP contribution in [0.1, 0.15) is 49.8 Å². The molecule has 118 valence electrons. The Hall–Kier alpha value is -1.00. The van der Waals surface area contributed by atoms with Gasteiger partial charge in [0.2, 0.25) is 0 Å².